The third-order valence-electron chi connectivity index (χ3n) is 13.8. The molecule has 4 saturated heterocycles. The molecule has 0 radical (unpaired) electrons. The predicted octanol–water partition coefficient (Wildman–Crippen LogP) is 6.00. The van der Waals surface area contributed by atoms with Gasteiger partial charge in [0.05, 0.1) is 46.0 Å². The summed E-state index contributed by atoms with van der Waals surface area (Å²) in [5.74, 6) is 0. The van der Waals surface area contributed by atoms with Crippen molar-refractivity contribution in [3.63, 3.8) is 0 Å². The van der Waals surface area contributed by atoms with Crippen molar-refractivity contribution in [2.75, 3.05) is 93.3 Å². The lowest BCUT2D eigenvalue weighted by Crippen LogP contribution is -3.06. The highest BCUT2D eigenvalue weighted by atomic mass is 35.5. The van der Waals surface area contributed by atoms with Gasteiger partial charge < -0.3 is 65.6 Å². The molecular weight excluding hydrogens is 1020 g/mol. The summed E-state index contributed by atoms with van der Waals surface area (Å²) in [4.78, 5) is 69.2. The molecule has 5 N–H and O–H groups in total. The molecular formula is C53H97Cl2N5O15. The van der Waals surface area contributed by atoms with Gasteiger partial charge in [0.25, 0.3) is 0 Å². The normalized spacial score (nSPS) is 22.4. The zero-order chi connectivity index (χ0) is 54.8. The molecule has 0 aromatic carbocycles. The molecule has 4 heterocycles. The Bertz CT molecular complexity index is 1520. The first kappa shape index (κ1) is 71.8. The third kappa shape index (κ3) is 34.4. The van der Waals surface area contributed by atoms with Gasteiger partial charge in [0.1, 0.15) is 36.6 Å². The van der Waals surface area contributed by atoms with Crippen LogP contribution in [0, 0.1) is 0 Å². The van der Waals surface area contributed by atoms with Gasteiger partial charge in [0, 0.05) is 33.0 Å². The van der Waals surface area contributed by atoms with Crippen molar-refractivity contribution in [1.29, 1.82) is 0 Å². The van der Waals surface area contributed by atoms with Gasteiger partial charge in [-0.2, -0.15) is 0 Å². The quantitative estimate of drug-likeness (QED) is 0.0138. The van der Waals surface area contributed by atoms with E-state index >= 15 is 0 Å². The first-order valence-corrected chi connectivity index (χ1v) is 28.1. The van der Waals surface area contributed by atoms with Crippen LogP contribution in [-0.4, -0.2) is 157 Å². The zero-order valence-corrected chi connectivity index (χ0v) is 48.0. The number of carbonyl (C=O) groups excluding carboxylic acids is 6. The maximum absolute atomic E-state index is 12.0. The second-order valence-corrected chi connectivity index (χ2v) is 20.4. The van der Waals surface area contributed by atoms with E-state index in [1.54, 1.807) is 0 Å². The Balaban J connectivity index is 0.00000118. The Labute approximate surface area is 459 Å². The molecule has 20 nitrogen and oxygen atoms in total. The molecule has 75 heavy (non-hydrogen) atoms. The molecule has 4 aliphatic heterocycles. The molecule has 22 heteroatoms. The lowest BCUT2D eigenvalue weighted by Gasteiger charge is -2.27. The minimum atomic E-state index is -1.04. The van der Waals surface area contributed by atoms with Crippen molar-refractivity contribution in [2.45, 2.75) is 211 Å². The van der Waals surface area contributed by atoms with E-state index < -0.39 is 46.5 Å². The predicted molar refractivity (Wildman–Crippen MR) is 282 cm³/mol. The molecule has 0 aliphatic carbocycles. The minimum absolute atomic E-state index is 0. The van der Waals surface area contributed by atoms with Crippen molar-refractivity contribution >= 4 is 47.4 Å². The van der Waals surface area contributed by atoms with Gasteiger partial charge in [-0.15, -0.1) is 4.99 Å². The molecule has 0 spiro atoms. The zero-order valence-electron chi connectivity index (χ0n) is 46.5. The molecule has 0 saturated carbocycles. The number of aliphatic imine (C=N–C) groups is 1. The number of quaternary nitrogens is 1. The summed E-state index contributed by atoms with van der Waals surface area (Å²) >= 11 is 4.51. The number of urea groups is 1. The fourth-order valence-electron chi connectivity index (χ4n) is 8.83. The molecule has 4 fully saturated rings. The van der Waals surface area contributed by atoms with Crippen molar-refractivity contribution in [2.24, 2.45) is 4.99 Å². The summed E-state index contributed by atoms with van der Waals surface area (Å²) < 4.78 is 44.0. The Morgan fingerprint density at radius 2 is 0.973 bits per heavy atom. The van der Waals surface area contributed by atoms with Crippen LogP contribution in [0.5, 0.6) is 0 Å². The van der Waals surface area contributed by atoms with Gasteiger partial charge >= 0.3 is 29.7 Å². The van der Waals surface area contributed by atoms with Crippen LogP contribution in [0.2, 0.25) is 0 Å². The molecule has 0 aromatic heterocycles. The Morgan fingerprint density at radius 3 is 1.31 bits per heavy atom. The monoisotopic (exact) mass is 1110 g/mol. The molecule has 6 amide bonds. The molecule has 4 rings (SSSR count). The van der Waals surface area contributed by atoms with Crippen LogP contribution in [-0.2, 0) is 42.7 Å². The van der Waals surface area contributed by atoms with E-state index in [4.69, 9.17) is 47.8 Å². The van der Waals surface area contributed by atoms with E-state index in [-0.39, 0.29) is 44.4 Å². The highest BCUT2D eigenvalue weighted by molar-refractivity contribution is 6.63. The number of isocyanates is 1. The topological polar surface area (TPSA) is 249 Å². The first-order valence-electron chi connectivity index (χ1n) is 27.7. The van der Waals surface area contributed by atoms with E-state index in [1.165, 1.54) is 88.4 Å². The summed E-state index contributed by atoms with van der Waals surface area (Å²) in [6, 6.07) is -0.545. The maximum atomic E-state index is 12.0. The van der Waals surface area contributed by atoms with Crippen LogP contribution in [0.1, 0.15) is 188 Å². The Morgan fingerprint density at radius 1 is 0.587 bits per heavy atom. The maximum Gasteiger partial charge on any atom is 0.416 e. The lowest BCUT2D eigenvalue weighted by atomic mass is 9.98. The number of hydrogen-bond donors (Lipinski definition) is 5. The van der Waals surface area contributed by atoms with Gasteiger partial charge in [0.2, 0.25) is 6.08 Å². The fraction of sp³-hybridized carbons (Fsp3) is 0.887. The SMILES string of the molecule is CCC1(CO)CCCO1.CCC1(COC(=O)NC(=O)OCC2(CC)CCCO2)CCCO1.CCCCCCCCCCCCCCCCOCC1(COC(=O)NC(=O)NCC[NH+](C)C)CCCO1.O=C=NC(=O)Cl.[Cl-]. The van der Waals surface area contributed by atoms with Crippen LogP contribution in [0.3, 0.4) is 0 Å². The van der Waals surface area contributed by atoms with Gasteiger partial charge in [0.15, 0.2) is 0 Å². The van der Waals surface area contributed by atoms with Gasteiger partial charge in [-0.1, -0.05) is 111 Å². The molecule has 4 aliphatic rings. The summed E-state index contributed by atoms with van der Waals surface area (Å²) in [7, 11) is 3.99. The third-order valence-corrected chi connectivity index (χ3v) is 13.9. The van der Waals surface area contributed by atoms with Crippen LogP contribution in [0.15, 0.2) is 4.99 Å². The molecule has 0 aromatic rings. The summed E-state index contributed by atoms with van der Waals surface area (Å²) in [6.45, 7) is 14.1. The van der Waals surface area contributed by atoms with E-state index in [2.05, 4.69) is 46.4 Å². The average molecular weight is 1120 g/mol. The molecule has 4 atom stereocenters. The molecule has 0 bridgehead atoms. The van der Waals surface area contributed by atoms with Crippen molar-refractivity contribution < 1.29 is 89.1 Å². The number of nitrogens with zero attached hydrogens (tertiary/aromatic N) is 1. The minimum Gasteiger partial charge on any atom is -1.00 e. The van der Waals surface area contributed by atoms with E-state index in [0.717, 1.165) is 96.3 Å². The highest BCUT2D eigenvalue weighted by Gasteiger charge is 2.38. The number of carbonyl (C=O) groups is 5. The largest absolute Gasteiger partial charge is 1.00 e. The summed E-state index contributed by atoms with van der Waals surface area (Å²) in [5.41, 5.74) is -1.59. The Hall–Kier alpha value is -3.17. The average Bonchev–Trinajstić information content (AvgIpc) is 4.25. The smallest absolute Gasteiger partial charge is 0.416 e. The number of alkyl carbamates (subject to hydrolysis) is 3. The van der Waals surface area contributed by atoms with Crippen LogP contribution < -0.4 is 33.3 Å². The number of imide groups is 2. The van der Waals surface area contributed by atoms with E-state index in [0.29, 0.717) is 39.6 Å². The lowest BCUT2D eigenvalue weighted by molar-refractivity contribution is -0.856. The number of amides is 6. The van der Waals surface area contributed by atoms with E-state index in [9.17, 15) is 24.0 Å². The summed E-state index contributed by atoms with van der Waals surface area (Å²) in [6.07, 6.45) is 27.2. The number of hydrogen-bond acceptors (Lipinski definition) is 15. The number of unbranched alkanes of at least 4 members (excludes halogenated alkanes) is 13. The fourth-order valence-corrected chi connectivity index (χ4v) is 8.87. The number of nitrogens with one attached hydrogen (secondary N) is 4. The van der Waals surface area contributed by atoms with Crippen molar-refractivity contribution in [3.05, 3.63) is 0 Å². The van der Waals surface area contributed by atoms with Gasteiger partial charge in [-0.05, 0) is 88.7 Å². The van der Waals surface area contributed by atoms with Gasteiger partial charge in [-0.25, -0.2) is 34.6 Å². The second kappa shape index (κ2) is 43.8. The number of halogens is 2. The van der Waals surface area contributed by atoms with Gasteiger partial charge in [-0.3, -0.25) is 4.79 Å². The number of likely N-dealkylation sites (N-methyl/N-ethyl adjacent to an activating group) is 1. The van der Waals surface area contributed by atoms with Crippen molar-refractivity contribution in [1.82, 2.24) is 16.0 Å². The highest BCUT2D eigenvalue weighted by Crippen LogP contribution is 2.31. The number of aliphatic hydroxyl groups is 1. The van der Waals surface area contributed by atoms with Crippen LogP contribution in [0.25, 0.3) is 0 Å². The summed E-state index contributed by atoms with van der Waals surface area (Å²) in [5, 5.41) is 14.8. The van der Waals surface area contributed by atoms with E-state index in [1.807, 2.05) is 27.9 Å². The number of rotatable bonds is 30. The molecule has 4 unspecified atom stereocenters. The first-order chi connectivity index (χ1) is 35.6. The van der Waals surface area contributed by atoms with Crippen molar-refractivity contribution in [3.8, 4) is 0 Å². The second-order valence-electron chi connectivity index (χ2n) is 20.1. The Kier molecular flexibility index (Phi) is 41.9. The standard InChI is InChI=1S/C28H55N3O5.C16H27NO6.C7H14O2.C2ClNO2.ClH/c1-4-5-6-7-8-9-10-11-12-13-14-15-16-17-22-34-24-28(19-18-23-36-28)25-35-27(33)30-26(32)29-20-21-31(2)3;1-3-15(7-5-9-22-15)11-20-13(18)17-14(19)21-12-16(4-2)8-6-10-23-16;1-2-7(6-8)4-3-5-9-7;3-2(6)4-1-5;/h4-25H2,1-3H3,(H2,29,30,32,33);3-12H2,1-2H3,(H,17,18,19);8H,2-6H2,1H3;;1H. The van der Waals surface area contributed by atoms with Crippen LogP contribution in [0.4, 0.5) is 24.0 Å². The molecule has 438 valence electrons. The van der Waals surface area contributed by atoms with Crippen LogP contribution >= 0.6 is 11.6 Å². The number of ether oxygens (including phenoxy) is 8. The number of aliphatic hydroxyl groups excluding tert-OH is 1.